The van der Waals surface area contributed by atoms with Crippen LogP contribution in [0.15, 0.2) is 217 Å². The number of nitrogens with zero attached hydrogens (tertiary/aromatic N) is 1. The zero-order chi connectivity index (χ0) is 37.0. The van der Waals surface area contributed by atoms with E-state index >= 15 is 0 Å². The standard InChI is InChI=1S/C54H35NO/c1-3-14-36(15-4-1)38-26-30-41(31-27-38)55(42-32-28-39(29-33-42)37-16-5-2-6-17-37)50-35-34-49-51-47-23-11-9-21-44(47)45-22-10-12-24-48(45)53(51)56-54(49)52(50)46-25-13-19-40-18-7-8-20-43(40)46/h1-35H. The fraction of sp³-hybridized carbons (Fsp3) is 0. The molecule has 0 unspecified atom stereocenters. The van der Waals surface area contributed by atoms with Gasteiger partial charge in [-0.15, -0.1) is 0 Å². The van der Waals surface area contributed by atoms with Gasteiger partial charge in [0, 0.05) is 33.1 Å². The molecule has 0 atom stereocenters. The second-order valence-electron chi connectivity index (χ2n) is 14.4. The summed E-state index contributed by atoms with van der Waals surface area (Å²) < 4.78 is 7.30. The highest BCUT2D eigenvalue weighted by atomic mass is 16.3. The Balaban J connectivity index is 1.23. The molecule has 0 spiro atoms. The minimum atomic E-state index is 0.877. The normalized spacial score (nSPS) is 11.6. The van der Waals surface area contributed by atoms with Crippen LogP contribution in [-0.4, -0.2) is 0 Å². The lowest BCUT2D eigenvalue weighted by Gasteiger charge is -2.28. The number of furan rings is 1. The molecule has 2 nitrogen and oxygen atoms in total. The summed E-state index contributed by atoms with van der Waals surface area (Å²) in [5.74, 6) is 0. The lowest BCUT2D eigenvalue weighted by Crippen LogP contribution is -2.11. The maximum absolute atomic E-state index is 7.30. The Morgan fingerprint density at radius 2 is 0.786 bits per heavy atom. The Hall–Kier alpha value is -7.42. The number of benzene rings is 10. The molecule has 0 radical (unpaired) electrons. The van der Waals surface area contributed by atoms with Crippen molar-refractivity contribution in [2.45, 2.75) is 0 Å². The predicted octanol–water partition coefficient (Wildman–Crippen LogP) is 15.5. The molecule has 1 aromatic heterocycles. The van der Waals surface area contributed by atoms with Gasteiger partial charge in [-0.25, -0.2) is 0 Å². The Morgan fingerprint density at radius 3 is 1.41 bits per heavy atom. The van der Waals surface area contributed by atoms with E-state index in [2.05, 4.69) is 217 Å². The van der Waals surface area contributed by atoms with Crippen LogP contribution in [0.25, 0.3) is 87.6 Å². The predicted molar refractivity (Wildman–Crippen MR) is 237 cm³/mol. The zero-order valence-corrected chi connectivity index (χ0v) is 30.6. The molecule has 0 fully saturated rings. The molecule has 0 aliphatic carbocycles. The quantitative estimate of drug-likeness (QED) is 0.160. The number of hydrogen-bond donors (Lipinski definition) is 0. The molecule has 0 saturated heterocycles. The Bertz CT molecular complexity index is 3130. The van der Waals surface area contributed by atoms with Crippen LogP contribution in [-0.2, 0) is 0 Å². The van der Waals surface area contributed by atoms with Gasteiger partial charge in [-0.05, 0) is 91.1 Å². The molecule has 2 heteroatoms. The number of anilines is 3. The van der Waals surface area contributed by atoms with Crippen molar-refractivity contribution in [1.82, 2.24) is 0 Å². The van der Waals surface area contributed by atoms with Gasteiger partial charge in [0.15, 0.2) is 0 Å². The Labute approximate surface area is 325 Å². The first-order valence-corrected chi connectivity index (χ1v) is 19.2. The average Bonchev–Trinajstić information content (AvgIpc) is 3.68. The lowest BCUT2D eigenvalue weighted by molar-refractivity contribution is 0.674. The van der Waals surface area contributed by atoms with E-state index in [1.165, 1.54) is 49.2 Å². The van der Waals surface area contributed by atoms with Crippen LogP contribution in [0.5, 0.6) is 0 Å². The summed E-state index contributed by atoms with van der Waals surface area (Å²) in [5.41, 5.74) is 11.9. The molecule has 10 aromatic carbocycles. The summed E-state index contributed by atoms with van der Waals surface area (Å²) in [6.45, 7) is 0. The second-order valence-corrected chi connectivity index (χ2v) is 14.4. The number of rotatable bonds is 6. The zero-order valence-electron chi connectivity index (χ0n) is 30.6. The molecule has 11 rings (SSSR count). The van der Waals surface area contributed by atoms with Crippen molar-refractivity contribution in [2.24, 2.45) is 0 Å². The van der Waals surface area contributed by atoms with Crippen LogP contribution in [0, 0.1) is 0 Å². The number of hydrogen-bond acceptors (Lipinski definition) is 2. The maximum atomic E-state index is 7.30. The molecule has 0 aliphatic heterocycles. The Kier molecular flexibility index (Phi) is 7.53. The van der Waals surface area contributed by atoms with Crippen LogP contribution in [0.4, 0.5) is 17.1 Å². The average molecular weight is 714 g/mol. The van der Waals surface area contributed by atoms with Crippen LogP contribution < -0.4 is 4.90 Å². The minimum Gasteiger partial charge on any atom is -0.455 e. The summed E-state index contributed by atoms with van der Waals surface area (Å²) in [7, 11) is 0. The Morgan fingerprint density at radius 1 is 0.304 bits per heavy atom. The molecule has 0 bridgehead atoms. The molecule has 0 amide bonds. The van der Waals surface area contributed by atoms with E-state index in [-0.39, 0.29) is 0 Å². The largest absolute Gasteiger partial charge is 0.455 e. The first kappa shape index (κ1) is 32.0. The third-order valence-electron chi connectivity index (χ3n) is 11.3. The van der Waals surface area contributed by atoms with Crippen molar-refractivity contribution >= 4 is 71.3 Å². The highest BCUT2D eigenvalue weighted by Crippen LogP contribution is 2.50. The summed E-state index contributed by atoms with van der Waals surface area (Å²) in [5, 5.41) is 9.35. The van der Waals surface area contributed by atoms with Gasteiger partial charge in [0.1, 0.15) is 11.2 Å². The van der Waals surface area contributed by atoms with Crippen LogP contribution in [0.1, 0.15) is 0 Å². The molecule has 11 aromatic rings. The van der Waals surface area contributed by atoms with E-state index in [1.807, 2.05) is 0 Å². The van der Waals surface area contributed by atoms with Crippen LogP contribution in [0.2, 0.25) is 0 Å². The van der Waals surface area contributed by atoms with Crippen LogP contribution in [0.3, 0.4) is 0 Å². The first-order valence-electron chi connectivity index (χ1n) is 19.2. The van der Waals surface area contributed by atoms with Crippen molar-refractivity contribution in [3.8, 4) is 33.4 Å². The minimum absolute atomic E-state index is 0.877. The molecule has 56 heavy (non-hydrogen) atoms. The van der Waals surface area contributed by atoms with E-state index in [0.717, 1.165) is 55.5 Å². The van der Waals surface area contributed by atoms with Crippen LogP contribution >= 0.6 is 0 Å². The van der Waals surface area contributed by atoms with Gasteiger partial charge in [0.25, 0.3) is 0 Å². The summed E-state index contributed by atoms with van der Waals surface area (Å²) in [6, 6.07) is 76.2. The highest BCUT2D eigenvalue weighted by molar-refractivity contribution is 6.31. The van der Waals surface area contributed by atoms with E-state index < -0.39 is 0 Å². The summed E-state index contributed by atoms with van der Waals surface area (Å²) >= 11 is 0. The summed E-state index contributed by atoms with van der Waals surface area (Å²) in [4.78, 5) is 2.39. The molecule has 262 valence electrons. The van der Waals surface area contributed by atoms with Crippen molar-refractivity contribution in [3.05, 3.63) is 212 Å². The SMILES string of the molecule is c1ccc(-c2ccc(N(c3ccc(-c4ccccc4)cc3)c3ccc4c(oc5c6ccccc6c6ccccc6c45)c3-c3cccc4ccccc34)cc2)cc1. The molecule has 0 aliphatic rings. The van der Waals surface area contributed by atoms with E-state index in [4.69, 9.17) is 4.42 Å². The molecular weight excluding hydrogens is 679 g/mol. The number of fused-ring (bicyclic) bond motifs is 9. The molecule has 1 heterocycles. The monoisotopic (exact) mass is 713 g/mol. The van der Waals surface area contributed by atoms with Crippen molar-refractivity contribution in [1.29, 1.82) is 0 Å². The van der Waals surface area contributed by atoms with Crippen molar-refractivity contribution in [2.75, 3.05) is 4.90 Å². The maximum Gasteiger partial charge on any atom is 0.145 e. The van der Waals surface area contributed by atoms with E-state index in [1.54, 1.807) is 0 Å². The molecule has 0 N–H and O–H groups in total. The lowest BCUT2D eigenvalue weighted by atomic mass is 9.92. The van der Waals surface area contributed by atoms with E-state index in [0.29, 0.717) is 0 Å². The van der Waals surface area contributed by atoms with Crippen molar-refractivity contribution in [3.63, 3.8) is 0 Å². The van der Waals surface area contributed by atoms with E-state index in [9.17, 15) is 0 Å². The van der Waals surface area contributed by atoms with Gasteiger partial charge in [0.05, 0.1) is 5.69 Å². The molecular formula is C54H35NO. The second kappa shape index (κ2) is 13.2. The smallest absolute Gasteiger partial charge is 0.145 e. The third kappa shape index (κ3) is 5.19. The van der Waals surface area contributed by atoms with Gasteiger partial charge in [-0.3, -0.25) is 0 Å². The van der Waals surface area contributed by atoms with Crippen molar-refractivity contribution < 1.29 is 4.42 Å². The summed E-state index contributed by atoms with van der Waals surface area (Å²) in [6.07, 6.45) is 0. The van der Waals surface area contributed by atoms with Gasteiger partial charge >= 0.3 is 0 Å². The topological polar surface area (TPSA) is 16.4 Å². The van der Waals surface area contributed by atoms with Gasteiger partial charge < -0.3 is 9.32 Å². The first-order chi connectivity index (χ1) is 27.8. The highest BCUT2D eigenvalue weighted by Gasteiger charge is 2.25. The van der Waals surface area contributed by atoms with Gasteiger partial charge in [-0.1, -0.05) is 176 Å². The fourth-order valence-electron chi connectivity index (χ4n) is 8.64. The van der Waals surface area contributed by atoms with Gasteiger partial charge in [0.2, 0.25) is 0 Å². The molecule has 0 saturated carbocycles. The fourth-order valence-corrected chi connectivity index (χ4v) is 8.64. The van der Waals surface area contributed by atoms with Gasteiger partial charge in [-0.2, -0.15) is 0 Å². The third-order valence-corrected chi connectivity index (χ3v) is 11.3.